The van der Waals surface area contributed by atoms with Crippen LogP contribution in [0, 0.1) is 6.92 Å². The predicted octanol–water partition coefficient (Wildman–Crippen LogP) is 2.24. The molecule has 0 saturated carbocycles. The number of sulfonamides is 1. The van der Waals surface area contributed by atoms with Gasteiger partial charge in [0.25, 0.3) is 0 Å². The molecular weight excluding hydrogens is 328 g/mol. The minimum Gasteiger partial charge on any atom is -0.495 e. The van der Waals surface area contributed by atoms with Gasteiger partial charge in [-0.25, -0.2) is 13.4 Å². The Morgan fingerprint density at radius 2 is 1.96 bits per heavy atom. The number of hydrogen-bond acceptors (Lipinski definition) is 5. The van der Waals surface area contributed by atoms with E-state index >= 15 is 0 Å². The number of nitrogens with zero attached hydrogens (tertiary/aromatic N) is 2. The Labute approximate surface area is 142 Å². The molecular formula is C17H20N2O4S. The molecule has 1 unspecified atom stereocenters. The average molecular weight is 348 g/mol. The molecule has 0 radical (unpaired) electrons. The molecule has 7 heteroatoms. The lowest BCUT2D eigenvalue weighted by Crippen LogP contribution is -2.31. The van der Waals surface area contributed by atoms with E-state index in [2.05, 4.69) is 4.98 Å². The van der Waals surface area contributed by atoms with E-state index < -0.39 is 10.0 Å². The quantitative estimate of drug-likeness (QED) is 0.829. The van der Waals surface area contributed by atoms with Crippen molar-refractivity contribution in [3.63, 3.8) is 0 Å². The van der Waals surface area contributed by atoms with Crippen molar-refractivity contribution in [2.75, 3.05) is 20.2 Å². The molecule has 0 spiro atoms. The first-order chi connectivity index (χ1) is 11.5. The number of hydrogen-bond donors (Lipinski definition) is 0. The van der Waals surface area contributed by atoms with Gasteiger partial charge in [-0.3, -0.25) is 0 Å². The molecule has 2 heterocycles. The fourth-order valence-corrected chi connectivity index (χ4v) is 4.38. The lowest BCUT2D eigenvalue weighted by Gasteiger charge is -2.18. The van der Waals surface area contributed by atoms with Gasteiger partial charge in [-0.2, -0.15) is 4.31 Å². The maximum Gasteiger partial charge on any atom is 0.246 e. The highest BCUT2D eigenvalue weighted by Gasteiger charge is 2.35. The van der Waals surface area contributed by atoms with Crippen LogP contribution in [-0.2, 0) is 10.0 Å². The van der Waals surface area contributed by atoms with Crippen molar-refractivity contribution in [1.29, 1.82) is 0 Å². The van der Waals surface area contributed by atoms with Crippen LogP contribution in [0.4, 0.5) is 0 Å². The van der Waals surface area contributed by atoms with Crippen molar-refractivity contribution >= 4 is 10.0 Å². The van der Waals surface area contributed by atoms with Crippen LogP contribution in [0.3, 0.4) is 0 Å². The molecule has 1 atom stereocenters. The Hall–Kier alpha value is -2.12. The average Bonchev–Trinajstić information content (AvgIpc) is 3.04. The summed E-state index contributed by atoms with van der Waals surface area (Å²) in [6.07, 6.45) is 0.424. The second kappa shape index (κ2) is 6.78. The molecule has 24 heavy (non-hydrogen) atoms. The van der Waals surface area contributed by atoms with Crippen LogP contribution in [0.5, 0.6) is 11.6 Å². The Morgan fingerprint density at radius 1 is 1.17 bits per heavy atom. The Balaban J connectivity index is 1.75. The van der Waals surface area contributed by atoms with Crippen LogP contribution in [0.25, 0.3) is 0 Å². The Morgan fingerprint density at radius 3 is 2.71 bits per heavy atom. The molecule has 1 fully saturated rings. The second-order valence-electron chi connectivity index (χ2n) is 5.66. The molecule has 1 aromatic carbocycles. The summed E-state index contributed by atoms with van der Waals surface area (Å²) in [6.45, 7) is 2.60. The number of ether oxygens (including phenoxy) is 2. The lowest BCUT2D eigenvalue weighted by atomic mass is 10.3. The fraction of sp³-hybridized carbons (Fsp3) is 0.353. The van der Waals surface area contributed by atoms with Crippen molar-refractivity contribution in [3.8, 4) is 11.6 Å². The maximum absolute atomic E-state index is 12.8. The first-order valence-electron chi connectivity index (χ1n) is 7.74. The minimum atomic E-state index is -3.61. The van der Waals surface area contributed by atoms with Crippen LogP contribution in [-0.4, -0.2) is 44.0 Å². The number of rotatable bonds is 5. The van der Waals surface area contributed by atoms with Crippen molar-refractivity contribution in [2.24, 2.45) is 0 Å². The summed E-state index contributed by atoms with van der Waals surface area (Å²) in [5.74, 6) is 0.874. The largest absolute Gasteiger partial charge is 0.495 e. The third kappa shape index (κ3) is 3.37. The van der Waals surface area contributed by atoms with Gasteiger partial charge in [0.2, 0.25) is 15.9 Å². The topological polar surface area (TPSA) is 68.7 Å². The van der Waals surface area contributed by atoms with Crippen LogP contribution < -0.4 is 9.47 Å². The Kier molecular flexibility index (Phi) is 4.73. The first-order valence-corrected chi connectivity index (χ1v) is 9.18. The summed E-state index contributed by atoms with van der Waals surface area (Å²) >= 11 is 0. The molecule has 128 valence electrons. The third-order valence-electron chi connectivity index (χ3n) is 3.94. The fourth-order valence-electron chi connectivity index (χ4n) is 2.74. The van der Waals surface area contributed by atoms with E-state index in [1.165, 1.54) is 11.4 Å². The number of benzene rings is 1. The summed E-state index contributed by atoms with van der Waals surface area (Å²) in [7, 11) is -2.14. The van der Waals surface area contributed by atoms with E-state index in [1.807, 2.05) is 19.1 Å². The summed E-state index contributed by atoms with van der Waals surface area (Å²) in [5, 5.41) is 0. The molecule has 0 aliphatic carbocycles. The second-order valence-corrected chi connectivity index (χ2v) is 7.57. The van der Waals surface area contributed by atoms with Gasteiger partial charge in [0.15, 0.2) is 0 Å². The number of aryl methyl sites for hydroxylation is 1. The van der Waals surface area contributed by atoms with Gasteiger partial charge < -0.3 is 9.47 Å². The van der Waals surface area contributed by atoms with Gasteiger partial charge >= 0.3 is 0 Å². The lowest BCUT2D eigenvalue weighted by molar-refractivity contribution is 0.206. The van der Waals surface area contributed by atoms with E-state index in [-0.39, 0.29) is 11.0 Å². The molecule has 1 aromatic heterocycles. The van der Waals surface area contributed by atoms with E-state index in [4.69, 9.17) is 9.47 Å². The zero-order chi connectivity index (χ0) is 17.2. The molecule has 1 aliphatic rings. The van der Waals surface area contributed by atoms with Crippen molar-refractivity contribution in [1.82, 2.24) is 9.29 Å². The minimum absolute atomic E-state index is 0.182. The molecule has 1 aliphatic heterocycles. The Bertz CT molecular complexity index is 823. The standard InChI is InChI=1S/C17H20N2O4S/c1-13-6-5-9-17(18-13)23-14-10-11-19(12-14)24(20,21)16-8-4-3-7-15(16)22-2/h3-9,14H,10-12H2,1-2H3. The van der Waals surface area contributed by atoms with Crippen molar-refractivity contribution in [2.45, 2.75) is 24.3 Å². The molecule has 0 amide bonds. The van der Waals surface area contributed by atoms with E-state index in [0.29, 0.717) is 31.1 Å². The van der Waals surface area contributed by atoms with Crippen LogP contribution in [0.2, 0.25) is 0 Å². The van der Waals surface area contributed by atoms with E-state index in [1.54, 1.807) is 30.3 Å². The summed E-state index contributed by atoms with van der Waals surface area (Å²) in [5.41, 5.74) is 0.865. The third-order valence-corrected chi connectivity index (χ3v) is 5.85. The van der Waals surface area contributed by atoms with Crippen LogP contribution >= 0.6 is 0 Å². The van der Waals surface area contributed by atoms with Gasteiger partial charge in [0.1, 0.15) is 16.7 Å². The first kappa shape index (κ1) is 16.7. The summed E-state index contributed by atoms with van der Waals surface area (Å²) in [4.78, 5) is 4.48. The van der Waals surface area contributed by atoms with Gasteiger partial charge in [-0.1, -0.05) is 18.2 Å². The van der Waals surface area contributed by atoms with Crippen LogP contribution in [0.15, 0.2) is 47.4 Å². The molecule has 1 saturated heterocycles. The molecule has 0 N–H and O–H groups in total. The number of pyridine rings is 1. The van der Waals surface area contributed by atoms with Crippen molar-refractivity contribution < 1.29 is 17.9 Å². The van der Waals surface area contributed by atoms with Gasteiger partial charge in [-0.15, -0.1) is 0 Å². The predicted molar refractivity (Wildman–Crippen MR) is 89.8 cm³/mol. The summed E-state index contributed by atoms with van der Waals surface area (Å²) < 4.78 is 38.1. The zero-order valence-electron chi connectivity index (χ0n) is 13.7. The monoisotopic (exact) mass is 348 g/mol. The highest BCUT2D eigenvalue weighted by Crippen LogP contribution is 2.29. The SMILES string of the molecule is COc1ccccc1S(=O)(=O)N1CCC(Oc2cccc(C)n2)C1. The zero-order valence-corrected chi connectivity index (χ0v) is 14.5. The molecule has 3 rings (SSSR count). The highest BCUT2D eigenvalue weighted by molar-refractivity contribution is 7.89. The maximum atomic E-state index is 12.8. The number of aromatic nitrogens is 1. The number of methoxy groups -OCH3 is 1. The molecule has 0 bridgehead atoms. The number of para-hydroxylation sites is 1. The van der Waals surface area contributed by atoms with E-state index in [0.717, 1.165) is 5.69 Å². The van der Waals surface area contributed by atoms with Crippen molar-refractivity contribution in [3.05, 3.63) is 48.2 Å². The van der Waals surface area contributed by atoms with Gasteiger partial charge in [0.05, 0.1) is 13.7 Å². The van der Waals surface area contributed by atoms with E-state index in [9.17, 15) is 8.42 Å². The van der Waals surface area contributed by atoms with Crippen LogP contribution in [0.1, 0.15) is 12.1 Å². The summed E-state index contributed by atoms with van der Waals surface area (Å²) in [6, 6.07) is 12.2. The van der Waals surface area contributed by atoms with Gasteiger partial charge in [0, 0.05) is 18.3 Å². The normalized spacial score (nSPS) is 18.5. The highest BCUT2D eigenvalue weighted by atomic mass is 32.2. The molecule has 6 nitrogen and oxygen atoms in total. The molecule has 2 aromatic rings. The smallest absolute Gasteiger partial charge is 0.246 e. The van der Waals surface area contributed by atoms with Gasteiger partial charge in [-0.05, 0) is 31.5 Å².